The number of nitrogens with zero attached hydrogens (tertiary/aromatic N) is 2. The van der Waals surface area contributed by atoms with Crippen LogP contribution in [0, 0.1) is 5.92 Å². The zero-order valence-electron chi connectivity index (χ0n) is 14.0. The van der Waals surface area contributed by atoms with Crippen LogP contribution in [-0.2, 0) is 14.8 Å². The average molecular weight is 349 g/mol. The van der Waals surface area contributed by atoms with Gasteiger partial charge in [0.05, 0.1) is 6.54 Å². The van der Waals surface area contributed by atoms with E-state index < -0.39 is 10.0 Å². The maximum absolute atomic E-state index is 12.3. The molecule has 2 atom stereocenters. The van der Waals surface area contributed by atoms with Crippen LogP contribution in [0.4, 0.5) is 0 Å². The summed E-state index contributed by atoms with van der Waals surface area (Å²) in [5, 5.41) is 3.06. The van der Waals surface area contributed by atoms with E-state index in [4.69, 9.17) is 0 Å². The molecule has 1 aliphatic carbocycles. The summed E-state index contributed by atoms with van der Waals surface area (Å²) < 4.78 is 28.0. The fraction of sp³-hybridized carbons (Fsp3) is 0.529. The number of benzene rings is 1. The summed E-state index contributed by atoms with van der Waals surface area (Å²) in [6.45, 7) is 2.30. The molecule has 1 N–H and O–H groups in total. The van der Waals surface area contributed by atoms with Gasteiger partial charge in [0.15, 0.2) is 5.84 Å². The Morgan fingerprint density at radius 1 is 1.33 bits per heavy atom. The van der Waals surface area contributed by atoms with Crippen LogP contribution in [0.25, 0.3) is 0 Å². The number of likely N-dealkylation sites (N-methyl/N-ethyl adjacent to an activating group) is 1. The minimum atomic E-state index is -3.66. The van der Waals surface area contributed by atoms with Crippen molar-refractivity contribution in [1.82, 2.24) is 10.2 Å². The Bertz CT molecular complexity index is 773. The van der Waals surface area contributed by atoms with Gasteiger partial charge in [-0.1, -0.05) is 31.9 Å². The second-order valence-electron chi connectivity index (χ2n) is 6.78. The highest BCUT2D eigenvalue weighted by atomic mass is 32.2. The SMILES string of the molecule is CC1CCCC(NC(=O)CN(C)C2=NS(=O)(=O)c3ccccc32)C1. The summed E-state index contributed by atoms with van der Waals surface area (Å²) in [5.41, 5.74) is 0.555. The molecular formula is C17H23N3O3S. The Balaban J connectivity index is 1.67. The van der Waals surface area contributed by atoms with Crippen LogP contribution in [-0.4, -0.2) is 44.7 Å². The van der Waals surface area contributed by atoms with Crippen LogP contribution in [0.5, 0.6) is 0 Å². The quantitative estimate of drug-likeness (QED) is 0.902. The van der Waals surface area contributed by atoms with E-state index in [1.54, 1.807) is 36.2 Å². The van der Waals surface area contributed by atoms with Crippen LogP contribution in [0.2, 0.25) is 0 Å². The van der Waals surface area contributed by atoms with E-state index in [0.717, 1.165) is 19.3 Å². The van der Waals surface area contributed by atoms with Crippen LogP contribution < -0.4 is 5.32 Å². The first-order valence-corrected chi connectivity index (χ1v) is 9.75. The number of sulfonamides is 1. The molecule has 1 saturated carbocycles. The number of amides is 1. The summed E-state index contributed by atoms with van der Waals surface area (Å²) in [5.74, 6) is 0.872. The Hall–Kier alpha value is -1.89. The monoisotopic (exact) mass is 349 g/mol. The van der Waals surface area contributed by atoms with Crippen molar-refractivity contribution in [3.05, 3.63) is 29.8 Å². The van der Waals surface area contributed by atoms with Gasteiger partial charge in [0, 0.05) is 18.7 Å². The van der Waals surface area contributed by atoms with E-state index in [0.29, 0.717) is 17.3 Å². The van der Waals surface area contributed by atoms with E-state index in [-0.39, 0.29) is 23.4 Å². The molecule has 3 rings (SSSR count). The van der Waals surface area contributed by atoms with Crippen molar-refractivity contribution in [2.75, 3.05) is 13.6 Å². The molecule has 1 heterocycles. The van der Waals surface area contributed by atoms with Crippen molar-refractivity contribution < 1.29 is 13.2 Å². The average Bonchev–Trinajstić information content (AvgIpc) is 2.79. The number of carbonyl (C=O) groups is 1. The third kappa shape index (κ3) is 3.45. The molecule has 1 aliphatic heterocycles. The van der Waals surface area contributed by atoms with Gasteiger partial charge in [-0.05, 0) is 30.9 Å². The van der Waals surface area contributed by atoms with E-state index in [1.165, 1.54) is 6.42 Å². The Kier molecular flexibility index (Phi) is 4.62. The maximum atomic E-state index is 12.3. The van der Waals surface area contributed by atoms with Crippen LogP contribution in [0.3, 0.4) is 0 Å². The van der Waals surface area contributed by atoms with E-state index in [9.17, 15) is 13.2 Å². The first kappa shape index (κ1) is 17.0. The lowest BCUT2D eigenvalue weighted by Crippen LogP contribution is -2.44. The van der Waals surface area contributed by atoms with Crippen molar-refractivity contribution in [2.45, 2.75) is 43.5 Å². The highest BCUT2D eigenvalue weighted by Crippen LogP contribution is 2.27. The number of amidine groups is 1. The third-order valence-electron chi connectivity index (χ3n) is 4.66. The van der Waals surface area contributed by atoms with Crippen LogP contribution in [0.1, 0.15) is 38.2 Å². The first-order chi connectivity index (χ1) is 11.4. The molecule has 1 aromatic rings. The normalized spacial score (nSPS) is 24.8. The van der Waals surface area contributed by atoms with Crippen molar-refractivity contribution in [3.63, 3.8) is 0 Å². The van der Waals surface area contributed by atoms with Gasteiger partial charge in [0.1, 0.15) is 4.90 Å². The second kappa shape index (κ2) is 6.55. The Morgan fingerprint density at radius 3 is 2.83 bits per heavy atom. The van der Waals surface area contributed by atoms with Gasteiger partial charge in [0.25, 0.3) is 10.0 Å². The Labute approximate surface area is 143 Å². The lowest BCUT2D eigenvalue weighted by Gasteiger charge is -2.28. The summed E-state index contributed by atoms with van der Waals surface area (Å²) in [6, 6.07) is 6.92. The molecular weight excluding hydrogens is 326 g/mol. The Morgan fingerprint density at radius 2 is 2.08 bits per heavy atom. The molecule has 1 amide bonds. The molecule has 1 fully saturated rings. The smallest absolute Gasteiger partial charge is 0.285 e. The highest BCUT2D eigenvalue weighted by Gasteiger charge is 2.31. The molecule has 1 aromatic carbocycles. The largest absolute Gasteiger partial charge is 0.352 e. The number of nitrogens with one attached hydrogen (secondary N) is 1. The third-order valence-corrected chi connectivity index (χ3v) is 5.98. The molecule has 24 heavy (non-hydrogen) atoms. The van der Waals surface area contributed by atoms with Crippen molar-refractivity contribution in [3.8, 4) is 0 Å². The van der Waals surface area contributed by atoms with Crippen molar-refractivity contribution >= 4 is 21.8 Å². The van der Waals surface area contributed by atoms with Crippen molar-refractivity contribution in [1.29, 1.82) is 0 Å². The highest BCUT2D eigenvalue weighted by molar-refractivity contribution is 7.90. The summed E-state index contributed by atoms with van der Waals surface area (Å²) >= 11 is 0. The molecule has 0 saturated heterocycles. The maximum Gasteiger partial charge on any atom is 0.285 e. The minimum Gasteiger partial charge on any atom is -0.352 e. The van der Waals surface area contributed by atoms with Gasteiger partial charge in [0.2, 0.25) is 5.91 Å². The minimum absolute atomic E-state index is 0.0908. The second-order valence-corrected chi connectivity index (χ2v) is 8.35. The molecule has 6 nitrogen and oxygen atoms in total. The fourth-order valence-electron chi connectivity index (χ4n) is 3.49. The van der Waals surface area contributed by atoms with Crippen LogP contribution in [0.15, 0.2) is 33.6 Å². The molecule has 2 aliphatic rings. The van der Waals surface area contributed by atoms with E-state index in [2.05, 4.69) is 16.6 Å². The predicted octanol–water partition coefficient (Wildman–Crippen LogP) is 1.76. The van der Waals surface area contributed by atoms with E-state index >= 15 is 0 Å². The van der Waals surface area contributed by atoms with Gasteiger partial charge in [-0.25, -0.2) is 0 Å². The number of rotatable bonds is 3. The first-order valence-electron chi connectivity index (χ1n) is 8.31. The van der Waals surface area contributed by atoms with Gasteiger partial charge >= 0.3 is 0 Å². The zero-order chi connectivity index (χ0) is 17.3. The molecule has 0 radical (unpaired) electrons. The molecule has 0 spiro atoms. The lowest BCUT2D eigenvalue weighted by atomic mass is 9.87. The van der Waals surface area contributed by atoms with Crippen LogP contribution >= 0.6 is 0 Å². The molecule has 2 unspecified atom stereocenters. The van der Waals surface area contributed by atoms with Crippen molar-refractivity contribution in [2.24, 2.45) is 10.3 Å². The summed E-state index contributed by atoms with van der Waals surface area (Å²) in [7, 11) is -1.96. The molecule has 0 aromatic heterocycles. The summed E-state index contributed by atoms with van der Waals surface area (Å²) in [4.78, 5) is 14.1. The topological polar surface area (TPSA) is 78.8 Å². The number of carbonyl (C=O) groups excluding carboxylic acids is 1. The van der Waals surface area contributed by atoms with Gasteiger partial charge < -0.3 is 10.2 Å². The van der Waals surface area contributed by atoms with Gasteiger partial charge in [-0.15, -0.1) is 4.40 Å². The number of hydrogen-bond acceptors (Lipinski definition) is 4. The number of fused-ring (bicyclic) bond motifs is 1. The summed E-state index contributed by atoms with van der Waals surface area (Å²) in [6.07, 6.45) is 4.38. The van der Waals surface area contributed by atoms with Gasteiger partial charge in [-0.2, -0.15) is 8.42 Å². The molecule has 0 bridgehead atoms. The zero-order valence-corrected chi connectivity index (χ0v) is 14.8. The number of hydrogen-bond donors (Lipinski definition) is 1. The standard InChI is InChI=1S/C17H23N3O3S/c1-12-6-5-7-13(10-12)18-16(21)11-20(2)17-14-8-3-4-9-15(14)24(22,23)19-17/h3-4,8-9,12-13H,5-7,10-11H2,1-2H3,(H,18,21). The predicted molar refractivity (Wildman–Crippen MR) is 92.4 cm³/mol. The molecule has 7 heteroatoms. The lowest BCUT2D eigenvalue weighted by molar-refractivity contribution is -0.122. The molecule has 130 valence electrons. The van der Waals surface area contributed by atoms with E-state index in [1.807, 2.05) is 0 Å². The fourth-order valence-corrected chi connectivity index (χ4v) is 4.74. The van der Waals surface area contributed by atoms with Gasteiger partial charge in [-0.3, -0.25) is 4.79 Å².